The quantitative estimate of drug-likeness (QED) is 0.616. The summed E-state index contributed by atoms with van der Waals surface area (Å²) in [6, 6.07) is 16.1. The number of carbonyl (C=O) groups excluding carboxylic acids is 2. The monoisotopic (exact) mass is 357 g/mol. The molecule has 2 amide bonds. The van der Waals surface area contributed by atoms with Crippen molar-refractivity contribution in [2.75, 3.05) is 0 Å². The van der Waals surface area contributed by atoms with E-state index >= 15 is 0 Å². The van der Waals surface area contributed by atoms with Crippen molar-refractivity contribution < 1.29 is 9.59 Å². The van der Waals surface area contributed by atoms with Crippen LogP contribution >= 0.6 is 15.9 Å². The molecule has 22 heavy (non-hydrogen) atoms. The Morgan fingerprint density at radius 2 is 1.59 bits per heavy atom. The Bertz CT molecular complexity index is 807. The fraction of sp³-hybridized carbons (Fsp3) is 0. The van der Waals surface area contributed by atoms with Gasteiger partial charge >= 0.3 is 0 Å². The Kier molecular flexibility index (Phi) is 3.93. The van der Waals surface area contributed by atoms with Gasteiger partial charge in [-0.15, -0.1) is 0 Å². The number of aromatic nitrogens is 1. The predicted octanol–water partition coefficient (Wildman–Crippen LogP) is 3.01. The zero-order valence-corrected chi connectivity index (χ0v) is 13.0. The molecule has 0 radical (unpaired) electrons. The molecule has 0 saturated carbocycles. The number of halogens is 1. The van der Waals surface area contributed by atoms with Gasteiger partial charge < -0.3 is 4.98 Å². The molecular formula is C16H12BrN3O2. The van der Waals surface area contributed by atoms with Crippen molar-refractivity contribution in [2.45, 2.75) is 0 Å². The van der Waals surface area contributed by atoms with Gasteiger partial charge in [0, 0.05) is 20.9 Å². The first-order chi connectivity index (χ1) is 10.6. The van der Waals surface area contributed by atoms with E-state index < -0.39 is 5.91 Å². The number of benzene rings is 2. The maximum absolute atomic E-state index is 12.0. The van der Waals surface area contributed by atoms with E-state index in [9.17, 15) is 9.59 Å². The number of carbonyl (C=O) groups is 2. The van der Waals surface area contributed by atoms with E-state index in [1.165, 1.54) is 0 Å². The van der Waals surface area contributed by atoms with Crippen molar-refractivity contribution in [1.82, 2.24) is 15.8 Å². The number of para-hydroxylation sites is 1. The molecule has 110 valence electrons. The van der Waals surface area contributed by atoms with Gasteiger partial charge in [-0.3, -0.25) is 20.4 Å². The zero-order valence-electron chi connectivity index (χ0n) is 11.4. The van der Waals surface area contributed by atoms with E-state index in [2.05, 4.69) is 31.8 Å². The van der Waals surface area contributed by atoms with Gasteiger partial charge in [0.15, 0.2) is 0 Å². The maximum Gasteiger partial charge on any atom is 0.286 e. The lowest BCUT2D eigenvalue weighted by molar-refractivity contribution is 0.0844. The highest BCUT2D eigenvalue weighted by atomic mass is 79.9. The summed E-state index contributed by atoms with van der Waals surface area (Å²) in [6.07, 6.45) is 0. The van der Waals surface area contributed by atoms with Crippen LogP contribution in [0.5, 0.6) is 0 Å². The molecule has 1 aromatic heterocycles. The normalized spacial score (nSPS) is 10.4. The number of hydrogen-bond acceptors (Lipinski definition) is 2. The van der Waals surface area contributed by atoms with E-state index in [0.29, 0.717) is 11.3 Å². The van der Waals surface area contributed by atoms with Crippen molar-refractivity contribution >= 4 is 38.6 Å². The van der Waals surface area contributed by atoms with Crippen molar-refractivity contribution in [1.29, 1.82) is 0 Å². The number of rotatable bonds is 2. The van der Waals surface area contributed by atoms with Crippen molar-refractivity contribution in [2.24, 2.45) is 0 Å². The van der Waals surface area contributed by atoms with Crippen LogP contribution in [0.15, 0.2) is 59.1 Å². The molecular weight excluding hydrogens is 346 g/mol. The van der Waals surface area contributed by atoms with E-state index in [4.69, 9.17) is 0 Å². The van der Waals surface area contributed by atoms with Gasteiger partial charge in [0.2, 0.25) is 0 Å². The highest BCUT2D eigenvalue weighted by Gasteiger charge is 2.11. The largest absolute Gasteiger partial charge is 0.350 e. The minimum atomic E-state index is -0.401. The summed E-state index contributed by atoms with van der Waals surface area (Å²) in [6.45, 7) is 0. The van der Waals surface area contributed by atoms with Crippen LogP contribution in [0.2, 0.25) is 0 Å². The number of aromatic amines is 1. The molecule has 3 aromatic rings. The number of H-pyrrole nitrogens is 1. The molecule has 0 unspecified atom stereocenters. The second-order valence-corrected chi connectivity index (χ2v) is 5.60. The molecule has 0 spiro atoms. The predicted molar refractivity (Wildman–Crippen MR) is 87.4 cm³/mol. The maximum atomic E-state index is 12.0. The number of amides is 2. The molecule has 0 aliphatic heterocycles. The Morgan fingerprint density at radius 1 is 0.909 bits per heavy atom. The molecule has 5 nitrogen and oxygen atoms in total. The van der Waals surface area contributed by atoms with Gasteiger partial charge in [-0.2, -0.15) is 0 Å². The van der Waals surface area contributed by atoms with E-state index in [1.54, 1.807) is 30.3 Å². The summed E-state index contributed by atoms with van der Waals surface area (Å²) in [7, 11) is 0. The average molecular weight is 358 g/mol. The average Bonchev–Trinajstić information content (AvgIpc) is 2.97. The lowest BCUT2D eigenvalue weighted by atomic mass is 10.2. The molecule has 0 fully saturated rings. The summed E-state index contributed by atoms with van der Waals surface area (Å²) >= 11 is 3.30. The standard InChI is InChI=1S/C16H12BrN3O2/c17-12-7-5-10(6-8-12)15(21)19-20-16(22)14-9-11-3-1-2-4-13(11)18-14/h1-9,18H,(H,19,21)(H,20,22). The lowest BCUT2D eigenvalue weighted by Crippen LogP contribution is -2.41. The summed E-state index contributed by atoms with van der Waals surface area (Å²) < 4.78 is 0.881. The van der Waals surface area contributed by atoms with E-state index in [1.807, 2.05) is 24.3 Å². The Labute approximate surface area is 134 Å². The molecule has 0 atom stereocenters. The van der Waals surface area contributed by atoms with Crippen LogP contribution in [0.3, 0.4) is 0 Å². The SMILES string of the molecule is O=C(NNC(=O)c1cc2ccccc2[nH]1)c1ccc(Br)cc1. The number of hydrogen-bond donors (Lipinski definition) is 3. The second kappa shape index (κ2) is 6.03. The molecule has 2 aromatic carbocycles. The van der Waals surface area contributed by atoms with Gasteiger partial charge in [-0.05, 0) is 36.4 Å². The van der Waals surface area contributed by atoms with Crippen LogP contribution in [-0.4, -0.2) is 16.8 Å². The Morgan fingerprint density at radius 3 is 2.32 bits per heavy atom. The number of fused-ring (bicyclic) bond motifs is 1. The number of hydrazine groups is 1. The molecule has 1 heterocycles. The van der Waals surface area contributed by atoms with Crippen molar-refractivity contribution in [3.63, 3.8) is 0 Å². The first kappa shape index (κ1) is 14.3. The Balaban J connectivity index is 1.66. The van der Waals surface area contributed by atoms with E-state index in [-0.39, 0.29) is 5.91 Å². The summed E-state index contributed by atoms with van der Waals surface area (Å²) in [5, 5.41) is 0.937. The van der Waals surface area contributed by atoms with Gasteiger partial charge in [-0.1, -0.05) is 34.1 Å². The minimum absolute atomic E-state index is 0.378. The topological polar surface area (TPSA) is 74.0 Å². The molecule has 6 heteroatoms. The van der Waals surface area contributed by atoms with Crippen molar-refractivity contribution in [3.8, 4) is 0 Å². The third-order valence-electron chi connectivity index (χ3n) is 3.17. The van der Waals surface area contributed by atoms with Gasteiger partial charge in [0.05, 0.1) is 0 Å². The van der Waals surface area contributed by atoms with Gasteiger partial charge in [0.1, 0.15) is 5.69 Å². The Hall–Kier alpha value is -2.60. The summed E-state index contributed by atoms with van der Waals surface area (Å²) in [5.41, 5.74) is 6.49. The summed E-state index contributed by atoms with van der Waals surface area (Å²) in [5.74, 6) is -0.779. The first-order valence-corrected chi connectivity index (χ1v) is 7.37. The van der Waals surface area contributed by atoms with Crippen molar-refractivity contribution in [3.05, 3.63) is 70.3 Å². The van der Waals surface area contributed by atoms with Gasteiger partial charge in [-0.25, -0.2) is 0 Å². The van der Waals surface area contributed by atoms with E-state index in [0.717, 1.165) is 15.4 Å². The van der Waals surface area contributed by atoms with Crippen LogP contribution in [0.4, 0.5) is 0 Å². The molecule has 3 N–H and O–H groups in total. The lowest BCUT2D eigenvalue weighted by Gasteiger charge is -2.06. The molecule has 0 bridgehead atoms. The second-order valence-electron chi connectivity index (χ2n) is 4.69. The first-order valence-electron chi connectivity index (χ1n) is 6.57. The minimum Gasteiger partial charge on any atom is -0.350 e. The summed E-state index contributed by atoms with van der Waals surface area (Å²) in [4.78, 5) is 26.9. The molecule has 0 aliphatic carbocycles. The fourth-order valence-corrected chi connectivity index (χ4v) is 2.31. The highest BCUT2D eigenvalue weighted by molar-refractivity contribution is 9.10. The zero-order chi connectivity index (χ0) is 15.5. The van der Waals surface area contributed by atoms with Gasteiger partial charge in [0.25, 0.3) is 11.8 Å². The smallest absolute Gasteiger partial charge is 0.286 e. The van der Waals surface area contributed by atoms with Crippen LogP contribution in [0.25, 0.3) is 10.9 Å². The highest BCUT2D eigenvalue weighted by Crippen LogP contribution is 2.14. The molecule has 0 saturated heterocycles. The third kappa shape index (κ3) is 3.01. The van der Waals surface area contributed by atoms with Crippen LogP contribution in [-0.2, 0) is 0 Å². The number of nitrogens with one attached hydrogen (secondary N) is 3. The van der Waals surface area contributed by atoms with Crippen LogP contribution < -0.4 is 10.9 Å². The van der Waals surface area contributed by atoms with Crippen LogP contribution in [0.1, 0.15) is 20.8 Å². The fourth-order valence-electron chi connectivity index (χ4n) is 2.05. The molecule has 0 aliphatic rings. The molecule has 3 rings (SSSR count). The third-order valence-corrected chi connectivity index (χ3v) is 3.70. The van der Waals surface area contributed by atoms with Crippen LogP contribution in [0, 0.1) is 0 Å².